The average molecular weight is 227 g/mol. The lowest BCUT2D eigenvalue weighted by Crippen LogP contribution is -2.49. The molecule has 1 unspecified atom stereocenters. The Morgan fingerprint density at radius 3 is 2.50 bits per heavy atom. The summed E-state index contributed by atoms with van der Waals surface area (Å²) >= 11 is 0. The number of rotatable bonds is 5. The van der Waals surface area contributed by atoms with Crippen LogP contribution in [0.4, 0.5) is 4.79 Å². The van der Waals surface area contributed by atoms with E-state index in [2.05, 4.69) is 11.2 Å². The number of hydrogen-bond donors (Lipinski definition) is 3. The first-order valence-electron chi connectivity index (χ1n) is 4.38. The number of amides is 3. The molecule has 0 aliphatic carbocycles. The molecule has 0 aromatic carbocycles. The molecule has 0 fully saturated rings. The van der Waals surface area contributed by atoms with E-state index in [0.717, 1.165) is 4.90 Å². The normalized spacial score (nSPS) is 11.0. The predicted octanol–water partition coefficient (Wildman–Crippen LogP) is -1.41. The van der Waals surface area contributed by atoms with E-state index in [1.54, 1.807) is 0 Å². The van der Waals surface area contributed by atoms with E-state index in [1.165, 1.54) is 6.92 Å². The van der Waals surface area contributed by atoms with E-state index >= 15 is 0 Å². The summed E-state index contributed by atoms with van der Waals surface area (Å²) in [6.07, 6.45) is 4.98. The van der Waals surface area contributed by atoms with Gasteiger partial charge in [0.05, 0.1) is 6.54 Å². The molecule has 0 spiro atoms. The van der Waals surface area contributed by atoms with Crippen LogP contribution in [0.15, 0.2) is 0 Å². The van der Waals surface area contributed by atoms with E-state index in [0.29, 0.717) is 0 Å². The molecule has 0 radical (unpaired) electrons. The van der Waals surface area contributed by atoms with Crippen molar-refractivity contribution < 1.29 is 19.5 Å². The van der Waals surface area contributed by atoms with Crippen molar-refractivity contribution >= 4 is 17.9 Å². The zero-order valence-electron chi connectivity index (χ0n) is 8.77. The molecular formula is C9H13N3O4. The third-order valence-electron chi connectivity index (χ3n) is 1.66. The van der Waals surface area contributed by atoms with E-state index < -0.39 is 30.5 Å². The van der Waals surface area contributed by atoms with Gasteiger partial charge in [0.1, 0.15) is 12.6 Å². The van der Waals surface area contributed by atoms with Gasteiger partial charge in [-0.25, -0.2) is 4.79 Å². The number of terminal acetylenes is 1. The monoisotopic (exact) mass is 227 g/mol. The molecule has 7 heteroatoms. The quantitative estimate of drug-likeness (QED) is 0.501. The van der Waals surface area contributed by atoms with Crippen molar-refractivity contribution in [1.29, 1.82) is 0 Å². The largest absolute Gasteiger partial charge is 0.480 e. The molecule has 0 aliphatic rings. The minimum Gasteiger partial charge on any atom is -0.480 e. The Kier molecular flexibility index (Phi) is 5.41. The average Bonchev–Trinajstić information content (AvgIpc) is 2.16. The first-order chi connectivity index (χ1) is 7.38. The van der Waals surface area contributed by atoms with Crippen LogP contribution in [0.25, 0.3) is 0 Å². The van der Waals surface area contributed by atoms with Crippen LogP contribution >= 0.6 is 0 Å². The van der Waals surface area contributed by atoms with Crippen molar-refractivity contribution in [3.8, 4) is 12.3 Å². The summed E-state index contributed by atoms with van der Waals surface area (Å²) in [6, 6.07) is -1.63. The van der Waals surface area contributed by atoms with Gasteiger partial charge in [-0.1, -0.05) is 5.92 Å². The molecule has 16 heavy (non-hydrogen) atoms. The summed E-state index contributed by atoms with van der Waals surface area (Å²) in [5.74, 6) is 0.227. The Labute approximate surface area is 92.6 Å². The summed E-state index contributed by atoms with van der Waals surface area (Å²) in [6.45, 7) is 0.681. The third-order valence-corrected chi connectivity index (χ3v) is 1.66. The van der Waals surface area contributed by atoms with Crippen molar-refractivity contribution in [1.82, 2.24) is 10.2 Å². The molecule has 0 rings (SSSR count). The standard InChI is InChI=1S/C9H13N3O4/c1-3-4-12(5-7(13)14)9(16)11-6(2)8(10)15/h1,6H,4-5H2,2H3,(H2,10,15)(H,11,16)(H,13,14). The first kappa shape index (κ1) is 13.8. The molecule has 0 saturated carbocycles. The minimum absolute atomic E-state index is 0.163. The molecule has 88 valence electrons. The highest BCUT2D eigenvalue weighted by Crippen LogP contribution is 1.91. The molecule has 0 saturated heterocycles. The van der Waals surface area contributed by atoms with Crippen LogP contribution in [-0.2, 0) is 9.59 Å². The van der Waals surface area contributed by atoms with Crippen molar-refractivity contribution in [2.45, 2.75) is 13.0 Å². The number of nitrogens with two attached hydrogens (primary N) is 1. The number of aliphatic carboxylic acids is 1. The summed E-state index contributed by atoms with van der Waals surface area (Å²) < 4.78 is 0. The molecule has 3 amide bonds. The van der Waals surface area contributed by atoms with Crippen LogP contribution in [-0.4, -0.2) is 47.0 Å². The van der Waals surface area contributed by atoms with Crippen molar-refractivity contribution in [3.05, 3.63) is 0 Å². The number of urea groups is 1. The maximum Gasteiger partial charge on any atom is 0.323 e. The highest BCUT2D eigenvalue weighted by molar-refractivity contribution is 5.87. The molecule has 7 nitrogen and oxygen atoms in total. The van der Waals surface area contributed by atoms with E-state index in [-0.39, 0.29) is 6.54 Å². The summed E-state index contributed by atoms with van der Waals surface area (Å²) in [7, 11) is 0. The van der Waals surface area contributed by atoms with Crippen LogP contribution in [0, 0.1) is 12.3 Å². The summed E-state index contributed by atoms with van der Waals surface area (Å²) in [5, 5.41) is 10.7. The van der Waals surface area contributed by atoms with Gasteiger partial charge in [-0.15, -0.1) is 6.42 Å². The van der Waals surface area contributed by atoms with Gasteiger partial charge >= 0.3 is 12.0 Å². The lowest BCUT2D eigenvalue weighted by molar-refractivity contribution is -0.137. The van der Waals surface area contributed by atoms with Crippen LogP contribution < -0.4 is 11.1 Å². The zero-order chi connectivity index (χ0) is 12.7. The summed E-state index contributed by atoms with van der Waals surface area (Å²) in [5.41, 5.74) is 4.93. The number of primary amides is 1. The first-order valence-corrected chi connectivity index (χ1v) is 4.38. The number of carbonyl (C=O) groups excluding carboxylic acids is 2. The molecular weight excluding hydrogens is 214 g/mol. The van der Waals surface area contributed by atoms with Crippen molar-refractivity contribution in [3.63, 3.8) is 0 Å². The number of nitrogens with zero attached hydrogens (tertiary/aromatic N) is 1. The van der Waals surface area contributed by atoms with Gasteiger partial charge in [-0.2, -0.15) is 0 Å². The Hall–Kier alpha value is -2.23. The zero-order valence-corrected chi connectivity index (χ0v) is 8.77. The number of carbonyl (C=O) groups is 3. The number of nitrogens with one attached hydrogen (secondary N) is 1. The van der Waals surface area contributed by atoms with Gasteiger partial charge in [-0.3, -0.25) is 9.59 Å². The topological polar surface area (TPSA) is 113 Å². The lowest BCUT2D eigenvalue weighted by atomic mass is 10.3. The fourth-order valence-corrected chi connectivity index (χ4v) is 0.821. The second-order valence-electron chi connectivity index (χ2n) is 3.03. The highest BCUT2D eigenvalue weighted by Gasteiger charge is 2.19. The number of carboxylic acid groups (broad SMARTS) is 1. The lowest BCUT2D eigenvalue weighted by Gasteiger charge is -2.20. The smallest absolute Gasteiger partial charge is 0.323 e. The van der Waals surface area contributed by atoms with Gasteiger partial charge < -0.3 is 21.1 Å². The molecule has 0 aromatic rings. The van der Waals surface area contributed by atoms with Gasteiger partial charge in [-0.05, 0) is 6.92 Å². The fraction of sp³-hybridized carbons (Fsp3) is 0.444. The Morgan fingerprint density at radius 1 is 1.56 bits per heavy atom. The van der Waals surface area contributed by atoms with Crippen molar-refractivity contribution in [2.24, 2.45) is 5.73 Å². The second kappa shape index (κ2) is 6.29. The Bertz CT molecular complexity index is 334. The SMILES string of the molecule is C#CCN(CC(=O)O)C(=O)NC(C)C(N)=O. The van der Waals surface area contributed by atoms with Crippen LogP contribution in [0.5, 0.6) is 0 Å². The van der Waals surface area contributed by atoms with Gasteiger partial charge in [0.2, 0.25) is 5.91 Å². The molecule has 0 aromatic heterocycles. The van der Waals surface area contributed by atoms with Crippen molar-refractivity contribution in [2.75, 3.05) is 13.1 Å². The number of carboxylic acids is 1. The van der Waals surface area contributed by atoms with Crippen LogP contribution in [0.2, 0.25) is 0 Å². The second-order valence-corrected chi connectivity index (χ2v) is 3.03. The number of hydrogen-bond acceptors (Lipinski definition) is 3. The summed E-state index contributed by atoms with van der Waals surface area (Å²) in [4.78, 5) is 33.4. The van der Waals surface area contributed by atoms with E-state index in [1.807, 2.05) is 0 Å². The maximum absolute atomic E-state index is 11.4. The molecule has 0 bridgehead atoms. The Balaban J connectivity index is 4.44. The highest BCUT2D eigenvalue weighted by atomic mass is 16.4. The molecule has 4 N–H and O–H groups in total. The third kappa shape index (κ3) is 4.85. The molecule has 1 atom stereocenters. The van der Waals surface area contributed by atoms with E-state index in [9.17, 15) is 14.4 Å². The molecule has 0 aliphatic heterocycles. The maximum atomic E-state index is 11.4. The van der Waals surface area contributed by atoms with E-state index in [4.69, 9.17) is 17.3 Å². The van der Waals surface area contributed by atoms with Gasteiger partial charge in [0.15, 0.2) is 0 Å². The van der Waals surface area contributed by atoms with Gasteiger partial charge in [0.25, 0.3) is 0 Å². The minimum atomic E-state index is -1.20. The van der Waals surface area contributed by atoms with Crippen LogP contribution in [0.1, 0.15) is 6.92 Å². The molecule has 0 heterocycles. The van der Waals surface area contributed by atoms with Crippen LogP contribution in [0.3, 0.4) is 0 Å². The van der Waals surface area contributed by atoms with Gasteiger partial charge in [0, 0.05) is 0 Å². The fourth-order valence-electron chi connectivity index (χ4n) is 0.821. The predicted molar refractivity (Wildman–Crippen MR) is 55.2 cm³/mol. The Morgan fingerprint density at radius 2 is 2.12 bits per heavy atom.